The zero-order valence-electron chi connectivity index (χ0n) is 12.1. The molecule has 0 atom stereocenters. The summed E-state index contributed by atoms with van der Waals surface area (Å²) in [5.41, 5.74) is 0.185. The number of benzene rings is 1. The highest BCUT2D eigenvalue weighted by Gasteiger charge is 2.29. The van der Waals surface area contributed by atoms with Crippen LogP contribution in [0.4, 0.5) is 0 Å². The van der Waals surface area contributed by atoms with E-state index < -0.39 is 5.60 Å². The van der Waals surface area contributed by atoms with E-state index in [-0.39, 0.29) is 19.1 Å². The van der Waals surface area contributed by atoms with E-state index in [0.717, 1.165) is 17.1 Å². The Balaban J connectivity index is 1.75. The van der Waals surface area contributed by atoms with Crippen molar-refractivity contribution >= 4 is 29.4 Å². The van der Waals surface area contributed by atoms with Crippen molar-refractivity contribution in [3.8, 4) is 5.75 Å². The summed E-state index contributed by atoms with van der Waals surface area (Å²) in [4.78, 5) is 11.8. The van der Waals surface area contributed by atoms with Gasteiger partial charge in [-0.05, 0) is 18.6 Å². The van der Waals surface area contributed by atoms with Gasteiger partial charge in [0, 0.05) is 29.6 Å². The summed E-state index contributed by atoms with van der Waals surface area (Å²) in [7, 11) is 0. The summed E-state index contributed by atoms with van der Waals surface area (Å²) in [6, 6.07) is 7.59. The number of carbonyl (C=O) groups excluding carboxylic acids is 1. The molecule has 0 aliphatic carbocycles. The molecule has 4 nitrogen and oxygen atoms in total. The van der Waals surface area contributed by atoms with Crippen molar-refractivity contribution in [2.45, 2.75) is 12.5 Å². The van der Waals surface area contributed by atoms with E-state index in [0.29, 0.717) is 17.3 Å². The smallest absolute Gasteiger partial charge is 0.258 e. The number of aliphatic hydroxyl groups is 1. The van der Waals surface area contributed by atoms with Gasteiger partial charge in [0.25, 0.3) is 5.91 Å². The summed E-state index contributed by atoms with van der Waals surface area (Å²) in [5, 5.41) is 13.2. The number of para-hydroxylation sites is 1. The number of hydrogen-bond donors (Lipinski definition) is 2. The Morgan fingerprint density at radius 3 is 2.67 bits per heavy atom. The van der Waals surface area contributed by atoms with Gasteiger partial charge < -0.3 is 15.2 Å². The summed E-state index contributed by atoms with van der Waals surface area (Å²) in [6.07, 6.45) is 0. The van der Waals surface area contributed by atoms with Gasteiger partial charge in [-0.2, -0.15) is 23.5 Å². The van der Waals surface area contributed by atoms with E-state index in [1.165, 1.54) is 0 Å². The van der Waals surface area contributed by atoms with Gasteiger partial charge in [0.05, 0.1) is 5.60 Å². The second-order valence-corrected chi connectivity index (χ2v) is 7.37. The van der Waals surface area contributed by atoms with Crippen LogP contribution in [0.1, 0.15) is 5.56 Å². The third-order valence-corrected chi connectivity index (χ3v) is 5.91. The maximum Gasteiger partial charge on any atom is 0.258 e. The van der Waals surface area contributed by atoms with Gasteiger partial charge in [-0.15, -0.1) is 0 Å². The first-order valence-corrected chi connectivity index (χ1v) is 9.23. The number of thioether (sulfide) groups is 2. The Labute approximate surface area is 134 Å². The average Bonchev–Trinajstić information content (AvgIpc) is 2.70. The molecule has 0 unspecified atom stereocenters. The maximum absolute atomic E-state index is 11.8. The third-order valence-electron chi connectivity index (χ3n) is 3.18. The monoisotopic (exact) mass is 327 g/mol. The second-order valence-electron chi connectivity index (χ2n) is 5.16. The maximum atomic E-state index is 11.8. The molecule has 0 bridgehead atoms. The van der Waals surface area contributed by atoms with E-state index in [2.05, 4.69) is 5.32 Å². The molecule has 1 aromatic rings. The molecule has 1 heterocycles. The normalized spacial score (nSPS) is 17.8. The van der Waals surface area contributed by atoms with Crippen LogP contribution in [0, 0.1) is 6.92 Å². The standard InChI is InChI=1S/C15H21NO3S2/c1-12-4-2-3-5-13(12)19-8-14(17)16-9-15(18)10-20-6-7-21-11-15/h2-5,18H,6-11H2,1H3,(H,16,17). The van der Waals surface area contributed by atoms with Gasteiger partial charge in [-0.1, -0.05) is 18.2 Å². The molecule has 21 heavy (non-hydrogen) atoms. The highest BCUT2D eigenvalue weighted by Crippen LogP contribution is 2.24. The van der Waals surface area contributed by atoms with Crippen LogP contribution < -0.4 is 10.1 Å². The SMILES string of the molecule is Cc1ccccc1OCC(=O)NCC1(O)CSCCSC1. The number of aryl methyl sites for hydroxylation is 1. The first kappa shape index (κ1) is 16.5. The van der Waals surface area contributed by atoms with Crippen LogP contribution in [0.2, 0.25) is 0 Å². The molecular formula is C15H21NO3S2. The van der Waals surface area contributed by atoms with Crippen LogP contribution in [-0.4, -0.2) is 52.8 Å². The van der Waals surface area contributed by atoms with Crippen LogP contribution in [0.5, 0.6) is 5.75 Å². The average molecular weight is 327 g/mol. The van der Waals surface area contributed by atoms with Crippen molar-refractivity contribution in [2.75, 3.05) is 36.2 Å². The number of hydrogen-bond acceptors (Lipinski definition) is 5. The number of amides is 1. The summed E-state index contributed by atoms with van der Waals surface area (Å²) in [5.74, 6) is 3.95. The highest BCUT2D eigenvalue weighted by atomic mass is 32.2. The highest BCUT2D eigenvalue weighted by molar-refractivity contribution is 8.03. The number of nitrogens with one attached hydrogen (secondary N) is 1. The van der Waals surface area contributed by atoms with E-state index in [1.54, 1.807) is 23.5 Å². The number of ether oxygens (including phenoxy) is 1. The third kappa shape index (κ3) is 5.45. The topological polar surface area (TPSA) is 58.6 Å². The van der Waals surface area contributed by atoms with Gasteiger partial charge in [0.15, 0.2) is 6.61 Å². The first-order valence-electron chi connectivity index (χ1n) is 6.92. The lowest BCUT2D eigenvalue weighted by molar-refractivity contribution is -0.124. The van der Waals surface area contributed by atoms with Gasteiger partial charge in [-0.3, -0.25) is 4.79 Å². The summed E-state index contributed by atoms with van der Waals surface area (Å²) in [6.45, 7) is 2.19. The van der Waals surface area contributed by atoms with Crippen molar-refractivity contribution in [1.29, 1.82) is 0 Å². The minimum absolute atomic E-state index is 0.0266. The molecule has 116 valence electrons. The Morgan fingerprint density at radius 1 is 1.33 bits per heavy atom. The molecule has 1 aliphatic rings. The van der Waals surface area contributed by atoms with Crippen LogP contribution in [-0.2, 0) is 4.79 Å². The van der Waals surface area contributed by atoms with E-state index >= 15 is 0 Å². The quantitative estimate of drug-likeness (QED) is 0.862. The van der Waals surface area contributed by atoms with E-state index in [9.17, 15) is 9.90 Å². The van der Waals surface area contributed by atoms with Crippen LogP contribution in [0.3, 0.4) is 0 Å². The van der Waals surface area contributed by atoms with Crippen molar-refractivity contribution in [3.05, 3.63) is 29.8 Å². The molecule has 2 rings (SSSR count). The van der Waals surface area contributed by atoms with Gasteiger partial charge in [0.2, 0.25) is 0 Å². The van der Waals surface area contributed by atoms with Gasteiger partial charge in [0.1, 0.15) is 5.75 Å². The van der Waals surface area contributed by atoms with Crippen molar-refractivity contribution < 1.29 is 14.6 Å². The van der Waals surface area contributed by atoms with Crippen LogP contribution >= 0.6 is 23.5 Å². The lowest BCUT2D eigenvalue weighted by Gasteiger charge is -2.25. The molecule has 0 aromatic heterocycles. The lowest BCUT2D eigenvalue weighted by Crippen LogP contribution is -2.47. The van der Waals surface area contributed by atoms with E-state index in [1.807, 2.05) is 31.2 Å². The lowest BCUT2D eigenvalue weighted by atomic mass is 10.1. The predicted molar refractivity (Wildman–Crippen MR) is 89.3 cm³/mol. The molecule has 1 aromatic carbocycles. The molecule has 1 fully saturated rings. The molecule has 0 spiro atoms. The molecule has 0 radical (unpaired) electrons. The Bertz CT molecular complexity index is 474. The molecule has 1 saturated heterocycles. The largest absolute Gasteiger partial charge is 0.484 e. The van der Waals surface area contributed by atoms with Gasteiger partial charge >= 0.3 is 0 Å². The molecule has 1 amide bonds. The van der Waals surface area contributed by atoms with Crippen molar-refractivity contribution in [2.24, 2.45) is 0 Å². The van der Waals surface area contributed by atoms with Gasteiger partial charge in [-0.25, -0.2) is 0 Å². The predicted octanol–water partition coefficient (Wildman–Crippen LogP) is 1.70. The molecule has 6 heteroatoms. The molecule has 1 aliphatic heterocycles. The second kappa shape index (κ2) is 7.96. The molecule has 2 N–H and O–H groups in total. The molecular weight excluding hydrogens is 306 g/mol. The summed E-state index contributed by atoms with van der Waals surface area (Å²) < 4.78 is 5.49. The zero-order valence-corrected chi connectivity index (χ0v) is 13.8. The minimum Gasteiger partial charge on any atom is -0.484 e. The Morgan fingerprint density at radius 2 is 2.00 bits per heavy atom. The van der Waals surface area contributed by atoms with Crippen molar-refractivity contribution in [1.82, 2.24) is 5.32 Å². The number of carbonyl (C=O) groups is 1. The minimum atomic E-state index is -0.815. The molecule has 0 saturated carbocycles. The summed E-state index contributed by atoms with van der Waals surface area (Å²) >= 11 is 3.47. The fourth-order valence-electron chi connectivity index (χ4n) is 1.96. The number of rotatable bonds is 5. The zero-order chi connectivity index (χ0) is 15.1. The fourth-order valence-corrected chi connectivity index (χ4v) is 4.49. The van der Waals surface area contributed by atoms with Crippen LogP contribution in [0.15, 0.2) is 24.3 Å². The van der Waals surface area contributed by atoms with E-state index in [4.69, 9.17) is 4.74 Å². The van der Waals surface area contributed by atoms with Crippen LogP contribution in [0.25, 0.3) is 0 Å². The Kier molecular flexibility index (Phi) is 6.26. The Hall–Kier alpha value is -0.850. The van der Waals surface area contributed by atoms with Crippen molar-refractivity contribution in [3.63, 3.8) is 0 Å². The fraction of sp³-hybridized carbons (Fsp3) is 0.533. The first-order chi connectivity index (χ1) is 10.1.